The van der Waals surface area contributed by atoms with Crippen LogP contribution in [-0.4, -0.2) is 27.7 Å². The number of hydrogen-bond donors (Lipinski definition) is 0. The van der Waals surface area contributed by atoms with Crippen LogP contribution in [0.4, 0.5) is 0 Å². The fourth-order valence-corrected chi connectivity index (χ4v) is 2.39. The predicted molar refractivity (Wildman–Crippen MR) is 75.9 cm³/mol. The van der Waals surface area contributed by atoms with Crippen LogP contribution >= 0.6 is 11.6 Å². The highest BCUT2D eigenvalue weighted by Gasteiger charge is 2.51. The summed E-state index contributed by atoms with van der Waals surface area (Å²) in [6.45, 7) is 8.13. The normalized spacial score (nSPS) is 21.2. The average molecular weight is 279 g/mol. The van der Waals surface area contributed by atoms with Crippen LogP contribution in [-0.2, 0) is 9.31 Å². The van der Waals surface area contributed by atoms with Crippen molar-refractivity contribution in [2.24, 2.45) is 0 Å². The second-order valence-electron chi connectivity index (χ2n) is 5.87. The largest absolute Gasteiger partial charge is 0.496 e. The number of aromatic nitrogens is 2. The van der Waals surface area contributed by atoms with Gasteiger partial charge in [-0.05, 0) is 33.8 Å². The van der Waals surface area contributed by atoms with Crippen molar-refractivity contribution >= 4 is 29.8 Å². The molecule has 2 aromatic heterocycles. The topological polar surface area (TPSA) is 35.8 Å². The average Bonchev–Trinajstić information content (AvgIpc) is 2.82. The van der Waals surface area contributed by atoms with E-state index >= 15 is 0 Å². The van der Waals surface area contributed by atoms with Gasteiger partial charge in [0.2, 0.25) is 0 Å². The molecule has 0 N–H and O–H groups in total. The van der Waals surface area contributed by atoms with Gasteiger partial charge in [0.25, 0.3) is 0 Å². The molecular weight excluding hydrogens is 262 g/mol. The molecule has 1 aliphatic rings. The molecule has 2 aromatic rings. The van der Waals surface area contributed by atoms with Gasteiger partial charge in [0.15, 0.2) is 5.65 Å². The Bertz CT molecular complexity index is 623. The molecule has 0 amide bonds. The molecule has 1 aliphatic heterocycles. The lowest BCUT2D eigenvalue weighted by atomic mass is 9.80. The van der Waals surface area contributed by atoms with E-state index in [0.717, 1.165) is 11.1 Å². The third-order valence-electron chi connectivity index (χ3n) is 3.99. The van der Waals surface area contributed by atoms with Crippen LogP contribution in [0.15, 0.2) is 24.7 Å². The summed E-state index contributed by atoms with van der Waals surface area (Å²) in [4.78, 5) is 4.19. The molecule has 3 heterocycles. The third-order valence-corrected chi connectivity index (χ3v) is 4.27. The van der Waals surface area contributed by atoms with Crippen LogP contribution in [0.2, 0.25) is 5.02 Å². The van der Waals surface area contributed by atoms with Crippen LogP contribution in [0.3, 0.4) is 0 Å². The Balaban J connectivity index is 2.02. The minimum absolute atomic E-state index is 0.353. The zero-order valence-corrected chi connectivity index (χ0v) is 12.2. The van der Waals surface area contributed by atoms with Crippen molar-refractivity contribution in [3.8, 4) is 0 Å². The van der Waals surface area contributed by atoms with Crippen LogP contribution in [0, 0.1) is 0 Å². The third kappa shape index (κ3) is 1.97. The maximum absolute atomic E-state index is 6.23. The molecular formula is C13H16BClN2O2. The molecule has 100 valence electrons. The molecule has 1 saturated heterocycles. The Hall–Kier alpha value is -1.04. The monoisotopic (exact) mass is 278 g/mol. The summed E-state index contributed by atoms with van der Waals surface area (Å²) in [7, 11) is -0.408. The zero-order valence-electron chi connectivity index (χ0n) is 11.5. The first kappa shape index (κ1) is 13.0. The Labute approximate surface area is 117 Å². The van der Waals surface area contributed by atoms with Crippen LogP contribution < -0.4 is 5.46 Å². The van der Waals surface area contributed by atoms with E-state index in [0.29, 0.717) is 5.02 Å². The van der Waals surface area contributed by atoms with Gasteiger partial charge in [-0.2, -0.15) is 0 Å². The van der Waals surface area contributed by atoms with Gasteiger partial charge in [-0.3, -0.25) is 0 Å². The standard InChI is InChI=1S/C13H16BClN2O2/c1-12(2)13(3,4)19-14(18-12)9-7-10(15)11-16-5-6-17(11)8-9/h5-8H,1-4H3. The fraction of sp³-hybridized carbons (Fsp3) is 0.462. The van der Waals surface area contributed by atoms with Crippen molar-refractivity contribution in [2.45, 2.75) is 38.9 Å². The van der Waals surface area contributed by atoms with E-state index in [2.05, 4.69) is 4.98 Å². The molecule has 0 unspecified atom stereocenters. The van der Waals surface area contributed by atoms with Gasteiger partial charge in [0.05, 0.1) is 16.2 Å². The molecule has 0 atom stereocenters. The lowest BCUT2D eigenvalue weighted by Crippen LogP contribution is -2.41. The minimum Gasteiger partial charge on any atom is -0.399 e. The maximum atomic E-state index is 6.23. The van der Waals surface area contributed by atoms with Gasteiger partial charge >= 0.3 is 7.12 Å². The summed E-state index contributed by atoms with van der Waals surface area (Å²) in [6.07, 6.45) is 5.52. The summed E-state index contributed by atoms with van der Waals surface area (Å²) in [5.41, 5.74) is 0.929. The lowest BCUT2D eigenvalue weighted by Gasteiger charge is -2.32. The second kappa shape index (κ2) is 3.98. The van der Waals surface area contributed by atoms with Crippen LogP contribution in [0.1, 0.15) is 27.7 Å². The van der Waals surface area contributed by atoms with Gasteiger partial charge in [-0.1, -0.05) is 11.6 Å². The second-order valence-corrected chi connectivity index (χ2v) is 6.27. The first-order valence-electron chi connectivity index (χ1n) is 6.28. The zero-order chi connectivity index (χ0) is 13.8. The first-order chi connectivity index (χ1) is 8.80. The number of hydrogen-bond acceptors (Lipinski definition) is 3. The van der Waals surface area contributed by atoms with Gasteiger partial charge in [-0.25, -0.2) is 4.98 Å². The van der Waals surface area contributed by atoms with E-state index < -0.39 is 7.12 Å². The van der Waals surface area contributed by atoms with E-state index in [4.69, 9.17) is 20.9 Å². The van der Waals surface area contributed by atoms with Crippen LogP contribution in [0.5, 0.6) is 0 Å². The van der Waals surface area contributed by atoms with Crippen molar-refractivity contribution in [1.29, 1.82) is 0 Å². The molecule has 0 saturated carbocycles. The fourth-order valence-electron chi connectivity index (χ4n) is 2.12. The highest BCUT2D eigenvalue weighted by Crippen LogP contribution is 2.36. The highest BCUT2D eigenvalue weighted by atomic mass is 35.5. The summed E-state index contributed by atoms with van der Waals surface area (Å²) < 4.78 is 13.9. The van der Waals surface area contributed by atoms with E-state index in [1.165, 1.54) is 0 Å². The Morgan fingerprint density at radius 3 is 2.47 bits per heavy atom. The number of fused-ring (bicyclic) bond motifs is 1. The lowest BCUT2D eigenvalue weighted by molar-refractivity contribution is 0.00578. The van der Waals surface area contributed by atoms with Gasteiger partial charge in [-0.15, -0.1) is 0 Å². The van der Waals surface area contributed by atoms with E-state index in [1.807, 2.05) is 50.6 Å². The van der Waals surface area contributed by atoms with Crippen molar-refractivity contribution in [2.75, 3.05) is 0 Å². The molecule has 0 bridgehead atoms. The molecule has 0 aromatic carbocycles. The summed E-state index contributed by atoms with van der Waals surface area (Å²) >= 11 is 6.23. The molecule has 19 heavy (non-hydrogen) atoms. The Kier molecular flexibility index (Phi) is 2.72. The molecule has 0 aliphatic carbocycles. The van der Waals surface area contributed by atoms with Crippen molar-refractivity contribution in [3.05, 3.63) is 29.7 Å². The number of pyridine rings is 1. The molecule has 4 nitrogen and oxygen atoms in total. The summed E-state index contributed by atoms with van der Waals surface area (Å²) in [5.74, 6) is 0. The van der Waals surface area contributed by atoms with Gasteiger partial charge < -0.3 is 13.7 Å². The van der Waals surface area contributed by atoms with Gasteiger partial charge in [0, 0.05) is 24.1 Å². The van der Waals surface area contributed by atoms with E-state index in [9.17, 15) is 0 Å². The number of nitrogens with zero attached hydrogens (tertiary/aromatic N) is 2. The number of imidazole rings is 1. The van der Waals surface area contributed by atoms with E-state index in [1.54, 1.807) is 6.20 Å². The molecule has 6 heteroatoms. The summed E-state index contributed by atoms with van der Waals surface area (Å²) in [6, 6.07) is 1.85. The smallest absolute Gasteiger partial charge is 0.399 e. The molecule has 1 fully saturated rings. The van der Waals surface area contributed by atoms with Gasteiger partial charge in [0.1, 0.15) is 0 Å². The summed E-state index contributed by atoms with van der Waals surface area (Å²) in [5, 5.41) is 0.595. The molecule has 3 rings (SSSR count). The maximum Gasteiger partial charge on any atom is 0.496 e. The minimum atomic E-state index is -0.408. The van der Waals surface area contributed by atoms with Crippen molar-refractivity contribution < 1.29 is 9.31 Å². The molecule has 0 spiro atoms. The van der Waals surface area contributed by atoms with Crippen LogP contribution in [0.25, 0.3) is 5.65 Å². The predicted octanol–water partition coefficient (Wildman–Crippen LogP) is 2.29. The number of rotatable bonds is 1. The SMILES string of the molecule is CC1(C)OB(c2cc(Cl)c3nccn3c2)OC1(C)C. The Morgan fingerprint density at radius 1 is 1.21 bits per heavy atom. The number of halogens is 1. The highest BCUT2D eigenvalue weighted by molar-refractivity contribution is 6.62. The quantitative estimate of drug-likeness (QED) is 0.751. The van der Waals surface area contributed by atoms with Crippen molar-refractivity contribution in [1.82, 2.24) is 9.38 Å². The molecule has 0 radical (unpaired) electrons. The van der Waals surface area contributed by atoms with E-state index in [-0.39, 0.29) is 11.2 Å². The first-order valence-corrected chi connectivity index (χ1v) is 6.66. The Morgan fingerprint density at radius 2 is 1.84 bits per heavy atom. The van der Waals surface area contributed by atoms with Crippen molar-refractivity contribution in [3.63, 3.8) is 0 Å².